The first-order valence-corrected chi connectivity index (χ1v) is 7.54. The molecule has 0 spiro atoms. The van der Waals surface area contributed by atoms with Gasteiger partial charge in [-0.3, -0.25) is 4.79 Å². The topological polar surface area (TPSA) is 64.6 Å². The number of benzene rings is 2. The second-order valence-electron chi connectivity index (χ2n) is 5.34. The Labute approximate surface area is 147 Å². The number of halogens is 3. The van der Waals surface area contributed by atoms with Crippen molar-refractivity contribution in [3.63, 3.8) is 0 Å². The highest BCUT2D eigenvalue weighted by molar-refractivity contribution is 5.94. The normalized spacial score (nSPS) is 12.2. The number of carbonyl (C=O) groups excluding carboxylic acids is 2. The second-order valence-corrected chi connectivity index (χ2v) is 5.34. The van der Waals surface area contributed by atoms with Gasteiger partial charge in [-0.05, 0) is 55.5 Å². The van der Waals surface area contributed by atoms with Crippen LogP contribution in [0.3, 0.4) is 0 Å². The van der Waals surface area contributed by atoms with Gasteiger partial charge in [0.1, 0.15) is 5.75 Å². The maximum absolute atomic E-state index is 12.5. The first kappa shape index (κ1) is 19.3. The molecule has 1 unspecified atom stereocenters. The number of amides is 1. The molecule has 0 aliphatic rings. The van der Waals surface area contributed by atoms with E-state index in [-0.39, 0.29) is 5.69 Å². The van der Waals surface area contributed by atoms with E-state index in [0.29, 0.717) is 11.3 Å². The molecule has 0 saturated carbocycles. The van der Waals surface area contributed by atoms with Crippen LogP contribution in [0, 0.1) is 0 Å². The van der Waals surface area contributed by atoms with Gasteiger partial charge in [0.15, 0.2) is 6.10 Å². The average Bonchev–Trinajstić information content (AvgIpc) is 2.61. The maximum Gasteiger partial charge on any atom is 0.416 e. The first-order valence-electron chi connectivity index (χ1n) is 7.54. The quantitative estimate of drug-likeness (QED) is 0.814. The molecule has 0 bridgehead atoms. The van der Waals surface area contributed by atoms with E-state index in [0.717, 1.165) is 12.1 Å². The minimum atomic E-state index is -4.44. The van der Waals surface area contributed by atoms with Gasteiger partial charge in [-0.15, -0.1) is 0 Å². The number of hydrogen-bond donors (Lipinski definition) is 1. The molecule has 138 valence electrons. The summed E-state index contributed by atoms with van der Waals surface area (Å²) in [6, 6.07) is 10.1. The summed E-state index contributed by atoms with van der Waals surface area (Å²) in [4.78, 5) is 23.4. The van der Waals surface area contributed by atoms with Crippen molar-refractivity contribution in [3.8, 4) is 5.75 Å². The van der Waals surface area contributed by atoms with E-state index in [4.69, 9.17) is 4.74 Å². The fourth-order valence-corrected chi connectivity index (χ4v) is 2.03. The molecule has 26 heavy (non-hydrogen) atoms. The summed E-state index contributed by atoms with van der Waals surface area (Å²) in [5.41, 5.74) is -0.244. The standard InChI is InChI=1S/C18H16F3NO4/c1-11(26-15-9-3-12(4-10-15)17(24)25-2)16(23)22-14-7-5-13(6-8-14)18(19,20)21/h3-11H,1-2H3,(H,22,23). The first-order chi connectivity index (χ1) is 12.2. The highest BCUT2D eigenvalue weighted by Crippen LogP contribution is 2.29. The molecule has 0 fully saturated rings. The molecule has 0 aliphatic heterocycles. The smallest absolute Gasteiger partial charge is 0.416 e. The Balaban J connectivity index is 1.96. The van der Waals surface area contributed by atoms with E-state index in [2.05, 4.69) is 10.1 Å². The Hall–Kier alpha value is -3.03. The highest BCUT2D eigenvalue weighted by atomic mass is 19.4. The second kappa shape index (κ2) is 7.90. The molecule has 5 nitrogen and oxygen atoms in total. The third-order valence-electron chi connectivity index (χ3n) is 3.44. The average molecular weight is 367 g/mol. The Kier molecular flexibility index (Phi) is 5.86. The molecule has 1 N–H and O–H groups in total. The van der Waals surface area contributed by atoms with E-state index >= 15 is 0 Å². The van der Waals surface area contributed by atoms with Crippen molar-refractivity contribution in [2.45, 2.75) is 19.2 Å². The molecule has 1 amide bonds. The summed E-state index contributed by atoms with van der Waals surface area (Å²) in [6.07, 6.45) is -5.34. The summed E-state index contributed by atoms with van der Waals surface area (Å²) in [5.74, 6) is -0.667. The van der Waals surface area contributed by atoms with Gasteiger partial charge < -0.3 is 14.8 Å². The van der Waals surface area contributed by atoms with Crippen molar-refractivity contribution in [2.75, 3.05) is 12.4 Å². The minimum Gasteiger partial charge on any atom is -0.481 e. The van der Waals surface area contributed by atoms with Gasteiger partial charge in [-0.2, -0.15) is 13.2 Å². The van der Waals surface area contributed by atoms with Crippen LogP contribution in [0.1, 0.15) is 22.8 Å². The molecule has 2 rings (SSSR count). The molecule has 0 aromatic heterocycles. The molecule has 2 aromatic rings. The molecule has 8 heteroatoms. The van der Waals surface area contributed by atoms with Crippen LogP contribution in [-0.4, -0.2) is 25.1 Å². The van der Waals surface area contributed by atoms with E-state index in [1.807, 2.05) is 0 Å². The number of anilines is 1. The van der Waals surface area contributed by atoms with Crippen LogP contribution in [0.5, 0.6) is 5.75 Å². The molecule has 0 saturated heterocycles. The lowest BCUT2D eigenvalue weighted by atomic mass is 10.2. The number of ether oxygens (including phenoxy) is 2. The lowest BCUT2D eigenvalue weighted by molar-refractivity contribution is -0.137. The lowest BCUT2D eigenvalue weighted by Gasteiger charge is -2.15. The number of esters is 1. The van der Waals surface area contributed by atoms with Crippen molar-refractivity contribution < 1.29 is 32.2 Å². The van der Waals surface area contributed by atoms with Crippen molar-refractivity contribution in [2.24, 2.45) is 0 Å². The highest BCUT2D eigenvalue weighted by Gasteiger charge is 2.30. The van der Waals surface area contributed by atoms with Crippen molar-refractivity contribution in [1.29, 1.82) is 0 Å². The molecular formula is C18H16F3NO4. The molecule has 1 atom stereocenters. The van der Waals surface area contributed by atoms with Crippen LogP contribution < -0.4 is 10.1 Å². The molecule has 0 radical (unpaired) electrons. The largest absolute Gasteiger partial charge is 0.481 e. The Morgan fingerprint density at radius 3 is 2.08 bits per heavy atom. The van der Waals surface area contributed by atoms with Gasteiger partial charge >= 0.3 is 12.1 Å². The Morgan fingerprint density at radius 1 is 1.00 bits per heavy atom. The molecule has 2 aromatic carbocycles. The monoisotopic (exact) mass is 367 g/mol. The summed E-state index contributed by atoms with van der Waals surface area (Å²) in [5, 5.41) is 2.47. The van der Waals surface area contributed by atoms with Crippen LogP contribution in [0.4, 0.5) is 18.9 Å². The fraction of sp³-hybridized carbons (Fsp3) is 0.222. The number of hydrogen-bond acceptors (Lipinski definition) is 4. The third-order valence-corrected chi connectivity index (χ3v) is 3.44. The van der Waals surface area contributed by atoms with Crippen LogP contribution in [0.25, 0.3) is 0 Å². The Bertz CT molecular complexity index is 771. The van der Waals surface area contributed by atoms with Gasteiger partial charge in [0.2, 0.25) is 0 Å². The maximum atomic E-state index is 12.5. The number of alkyl halides is 3. The predicted octanol–water partition coefficient (Wildman–Crippen LogP) is 3.90. The summed E-state index contributed by atoms with van der Waals surface area (Å²) in [7, 11) is 1.26. The van der Waals surface area contributed by atoms with Crippen molar-refractivity contribution in [1.82, 2.24) is 0 Å². The van der Waals surface area contributed by atoms with E-state index < -0.39 is 29.7 Å². The van der Waals surface area contributed by atoms with Gasteiger partial charge in [0, 0.05) is 5.69 Å². The molecule has 0 aliphatic carbocycles. The van der Waals surface area contributed by atoms with Crippen LogP contribution in [0.15, 0.2) is 48.5 Å². The van der Waals surface area contributed by atoms with Gasteiger partial charge in [-0.25, -0.2) is 4.79 Å². The zero-order valence-electron chi connectivity index (χ0n) is 14.0. The predicted molar refractivity (Wildman–Crippen MR) is 87.9 cm³/mol. The summed E-state index contributed by atoms with van der Waals surface area (Å²) >= 11 is 0. The minimum absolute atomic E-state index is 0.222. The zero-order chi connectivity index (χ0) is 19.3. The van der Waals surface area contributed by atoms with Crippen LogP contribution in [0.2, 0.25) is 0 Å². The van der Waals surface area contributed by atoms with Crippen LogP contribution in [-0.2, 0) is 15.7 Å². The molecule has 0 heterocycles. The van der Waals surface area contributed by atoms with Crippen molar-refractivity contribution in [3.05, 3.63) is 59.7 Å². The number of rotatable bonds is 5. The van der Waals surface area contributed by atoms with E-state index in [9.17, 15) is 22.8 Å². The van der Waals surface area contributed by atoms with Crippen LogP contribution >= 0.6 is 0 Å². The number of carbonyl (C=O) groups is 2. The molecular weight excluding hydrogens is 351 g/mol. The summed E-state index contributed by atoms with van der Waals surface area (Å²) < 4.78 is 47.6. The fourth-order valence-electron chi connectivity index (χ4n) is 2.03. The van der Waals surface area contributed by atoms with Gasteiger partial charge in [0.05, 0.1) is 18.2 Å². The van der Waals surface area contributed by atoms with E-state index in [1.165, 1.54) is 50.4 Å². The van der Waals surface area contributed by atoms with E-state index in [1.54, 1.807) is 0 Å². The lowest BCUT2D eigenvalue weighted by Crippen LogP contribution is -2.30. The van der Waals surface area contributed by atoms with Gasteiger partial charge in [0.25, 0.3) is 5.91 Å². The number of nitrogens with one attached hydrogen (secondary N) is 1. The number of methoxy groups -OCH3 is 1. The third kappa shape index (κ3) is 4.98. The summed E-state index contributed by atoms with van der Waals surface area (Å²) in [6.45, 7) is 1.49. The SMILES string of the molecule is COC(=O)c1ccc(OC(C)C(=O)Nc2ccc(C(F)(F)F)cc2)cc1. The van der Waals surface area contributed by atoms with Crippen molar-refractivity contribution >= 4 is 17.6 Å². The zero-order valence-corrected chi connectivity index (χ0v) is 14.0. The Morgan fingerprint density at radius 2 is 1.58 bits per heavy atom. The van der Waals surface area contributed by atoms with Gasteiger partial charge in [-0.1, -0.05) is 0 Å².